The first-order valence-electron chi connectivity index (χ1n) is 5.42. The van der Waals surface area contributed by atoms with Crippen LogP contribution in [0.15, 0.2) is 0 Å². The highest BCUT2D eigenvalue weighted by molar-refractivity contribution is 9.07. The fourth-order valence-electron chi connectivity index (χ4n) is 1.03. The number of carbonyl (C=O) groups excluding carboxylic acids is 2. The number of rotatable bonds is 4. The molecule has 0 bridgehead atoms. The smallest absolute Gasteiger partial charge is 0.420 e. The van der Waals surface area contributed by atoms with Crippen molar-refractivity contribution in [3.63, 3.8) is 0 Å². The molecule has 0 aliphatic carbocycles. The first kappa shape index (κ1) is 16.2. The van der Waals surface area contributed by atoms with Crippen molar-refractivity contribution in [2.75, 3.05) is 7.11 Å². The molecule has 0 aromatic carbocycles. The second kappa shape index (κ2) is 6.83. The maximum atomic E-state index is 11.7. The highest BCUT2D eigenvalue weighted by atomic mass is 79.9. The number of hydrogen-bond acceptors (Lipinski definition) is 4. The summed E-state index contributed by atoms with van der Waals surface area (Å²) in [4.78, 5) is 22.6. The standard InChI is InChI=1S/C11H20BrNO4/c1-8(6-7-9(14)16-5)13(12)10(15)17-11(2,3)4/h8H,6-7H2,1-5H3. The van der Waals surface area contributed by atoms with Crippen LogP contribution in [-0.4, -0.2) is 34.7 Å². The summed E-state index contributed by atoms with van der Waals surface area (Å²) in [7, 11) is 1.34. The van der Waals surface area contributed by atoms with Gasteiger partial charge in [0.15, 0.2) is 0 Å². The number of hydrogen-bond donors (Lipinski definition) is 0. The Morgan fingerprint density at radius 3 is 2.29 bits per heavy atom. The van der Waals surface area contributed by atoms with Gasteiger partial charge in [-0.3, -0.25) is 4.79 Å². The average molecular weight is 310 g/mol. The zero-order valence-electron chi connectivity index (χ0n) is 10.9. The van der Waals surface area contributed by atoms with Crippen LogP contribution in [0.4, 0.5) is 4.79 Å². The highest BCUT2D eigenvalue weighted by Gasteiger charge is 2.24. The molecule has 0 aromatic rings. The average Bonchev–Trinajstić information content (AvgIpc) is 2.21. The van der Waals surface area contributed by atoms with Gasteiger partial charge in [-0.1, -0.05) is 0 Å². The van der Waals surface area contributed by atoms with Gasteiger partial charge in [-0.2, -0.15) is 0 Å². The minimum absolute atomic E-state index is 0.149. The van der Waals surface area contributed by atoms with Gasteiger partial charge in [0.25, 0.3) is 0 Å². The van der Waals surface area contributed by atoms with E-state index in [0.717, 1.165) is 0 Å². The first-order valence-corrected chi connectivity index (χ1v) is 6.13. The number of amides is 1. The molecule has 0 fully saturated rings. The summed E-state index contributed by atoms with van der Waals surface area (Å²) in [5, 5.41) is 0. The van der Waals surface area contributed by atoms with Crippen LogP contribution in [0.3, 0.4) is 0 Å². The lowest BCUT2D eigenvalue weighted by atomic mass is 10.2. The van der Waals surface area contributed by atoms with Gasteiger partial charge in [0.05, 0.1) is 23.3 Å². The van der Waals surface area contributed by atoms with E-state index in [1.807, 2.05) is 6.92 Å². The Balaban J connectivity index is 4.16. The molecule has 0 heterocycles. The lowest BCUT2D eigenvalue weighted by Crippen LogP contribution is -2.36. The summed E-state index contributed by atoms with van der Waals surface area (Å²) < 4.78 is 11.0. The van der Waals surface area contributed by atoms with Crippen LogP contribution in [0.25, 0.3) is 0 Å². The van der Waals surface area contributed by atoms with E-state index < -0.39 is 11.7 Å². The van der Waals surface area contributed by atoms with Crippen molar-refractivity contribution in [3.8, 4) is 0 Å². The van der Waals surface area contributed by atoms with Crippen molar-refractivity contribution in [2.45, 2.75) is 52.2 Å². The monoisotopic (exact) mass is 309 g/mol. The van der Waals surface area contributed by atoms with Gasteiger partial charge in [-0.05, 0) is 34.1 Å². The fourth-order valence-corrected chi connectivity index (χ4v) is 1.30. The van der Waals surface area contributed by atoms with Crippen LogP contribution in [0.5, 0.6) is 0 Å². The molecule has 0 radical (unpaired) electrons. The van der Waals surface area contributed by atoms with E-state index >= 15 is 0 Å². The molecule has 100 valence electrons. The van der Waals surface area contributed by atoms with Crippen molar-refractivity contribution in [1.29, 1.82) is 0 Å². The Hall–Kier alpha value is -0.780. The number of nitrogens with zero attached hydrogens (tertiary/aromatic N) is 1. The number of halogens is 1. The van der Waals surface area contributed by atoms with E-state index in [-0.39, 0.29) is 18.4 Å². The summed E-state index contributed by atoms with van der Waals surface area (Å²) in [6.45, 7) is 7.21. The van der Waals surface area contributed by atoms with Gasteiger partial charge in [0.1, 0.15) is 5.60 Å². The van der Waals surface area contributed by atoms with Crippen LogP contribution < -0.4 is 0 Å². The number of ether oxygens (including phenoxy) is 2. The van der Waals surface area contributed by atoms with Gasteiger partial charge < -0.3 is 9.47 Å². The molecule has 0 rings (SSSR count). The first-order chi connectivity index (χ1) is 7.67. The SMILES string of the molecule is COC(=O)CCC(C)N(Br)C(=O)OC(C)(C)C. The van der Waals surface area contributed by atoms with Gasteiger partial charge in [0.2, 0.25) is 0 Å². The minimum atomic E-state index is -0.537. The van der Waals surface area contributed by atoms with Crippen LogP contribution in [-0.2, 0) is 14.3 Å². The summed E-state index contributed by atoms with van der Waals surface area (Å²) >= 11 is 3.14. The van der Waals surface area contributed by atoms with Gasteiger partial charge in [0, 0.05) is 12.5 Å². The van der Waals surface area contributed by atoms with E-state index in [9.17, 15) is 9.59 Å². The molecule has 1 unspecified atom stereocenters. The molecular weight excluding hydrogens is 290 g/mol. The second-order valence-electron chi connectivity index (χ2n) is 4.76. The number of esters is 1. The van der Waals surface area contributed by atoms with E-state index in [4.69, 9.17) is 4.74 Å². The normalized spacial score (nSPS) is 12.8. The third kappa shape index (κ3) is 7.20. The van der Waals surface area contributed by atoms with Crippen LogP contribution in [0.1, 0.15) is 40.5 Å². The van der Waals surface area contributed by atoms with E-state index in [1.54, 1.807) is 20.8 Å². The lowest BCUT2D eigenvalue weighted by molar-refractivity contribution is -0.140. The Kier molecular flexibility index (Phi) is 6.52. The molecule has 0 aliphatic rings. The van der Waals surface area contributed by atoms with Crippen molar-refractivity contribution < 1.29 is 19.1 Å². The van der Waals surface area contributed by atoms with Crippen molar-refractivity contribution in [2.24, 2.45) is 0 Å². The molecule has 0 N–H and O–H groups in total. The molecule has 6 heteroatoms. The lowest BCUT2D eigenvalue weighted by Gasteiger charge is -2.26. The molecule has 1 atom stereocenters. The molecule has 0 aliphatic heterocycles. The maximum Gasteiger partial charge on any atom is 0.420 e. The predicted octanol–water partition coefficient (Wildman–Crippen LogP) is 2.88. The third-order valence-corrected chi connectivity index (χ3v) is 2.94. The molecule has 0 spiro atoms. The van der Waals surface area contributed by atoms with Crippen molar-refractivity contribution in [1.82, 2.24) is 3.93 Å². The largest absolute Gasteiger partial charge is 0.469 e. The molecule has 0 saturated heterocycles. The van der Waals surface area contributed by atoms with Gasteiger partial charge in [-0.25, -0.2) is 8.72 Å². The summed E-state index contributed by atoms with van der Waals surface area (Å²) in [5.41, 5.74) is -0.537. The Bertz CT molecular complexity index is 275. The molecule has 17 heavy (non-hydrogen) atoms. The summed E-state index contributed by atoms with van der Waals surface area (Å²) in [6, 6.07) is -0.149. The van der Waals surface area contributed by atoms with Crippen LogP contribution in [0, 0.1) is 0 Å². The Morgan fingerprint density at radius 2 is 1.88 bits per heavy atom. The maximum absolute atomic E-state index is 11.7. The number of carbonyl (C=O) groups is 2. The second-order valence-corrected chi connectivity index (χ2v) is 5.52. The van der Waals surface area contributed by atoms with Crippen molar-refractivity contribution >= 4 is 28.2 Å². The van der Waals surface area contributed by atoms with E-state index in [1.165, 1.54) is 11.0 Å². The van der Waals surface area contributed by atoms with Gasteiger partial charge in [-0.15, -0.1) is 0 Å². The molecule has 1 amide bonds. The molecular formula is C11H20BrNO4. The van der Waals surface area contributed by atoms with Crippen molar-refractivity contribution in [3.05, 3.63) is 0 Å². The predicted molar refractivity (Wildman–Crippen MR) is 67.7 cm³/mol. The van der Waals surface area contributed by atoms with Crippen LogP contribution >= 0.6 is 16.1 Å². The number of methoxy groups -OCH3 is 1. The third-order valence-electron chi connectivity index (χ3n) is 1.95. The fraction of sp³-hybridized carbons (Fsp3) is 0.818. The Labute approximate surface area is 111 Å². The minimum Gasteiger partial charge on any atom is -0.469 e. The summed E-state index contributed by atoms with van der Waals surface area (Å²) in [6.07, 6.45) is 0.314. The molecule has 0 aromatic heterocycles. The van der Waals surface area contributed by atoms with Crippen LogP contribution in [0.2, 0.25) is 0 Å². The topological polar surface area (TPSA) is 55.8 Å². The zero-order chi connectivity index (χ0) is 13.6. The molecule has 0 saturated carbocycles. The molecule has 5 nitrogen and oxygen atoms in total. The summed E-state index contributed by atoms with van der Waals surface area (Å²) in [5.74, 6) is -0.290. The van der Waals surface area contributed by atoms with E-state index in [2.05, 4.69) is 20.9 Å². The Morgan fingerprint density at radius 1 is 1.35 bits per heavy atom. The quantitative estimate of drug-likeness (QED) is 0.592. The highest BCUT2D eigenvalue weighted by Crippen LogP contribution is 2.17. The zero-order valence-corrected chi connectivity index (χ0v) is 12.5. The van der Waals surface area contributed by atoms with Gasteiger partial charge >= 0.3 is 12.1 Å². The van der Waals surface area contributed by atoms with E-state index in [0.29, 0.717) is 6.42 Å².